The fourth-order valence-electron chi connectivity index (χ4n) is 5.55. The van der Waals surface area contributed by atoms with Crippen LogP contribution in [0.1, 0.15) is 58.3 Å². The third-order valence-electron chi connectivity index (χ3n) is 7.25. The van der Waals surface area contributed by atoms with Crippen LogP contribution in [0.4, 0.5) is 0 Å². The second-order valence-corrected chi connectivity index (χ2v) is 8.84. The minimum absolute atomic E-state index is 0.749. The topological polar surface area (TPSA) is 18.5 Å². The number of piperidine rings is 2. The Morgan fingerprint density at radius 3 is 2.00 bits per heavy atom. The van der Waals surface area contributed by atoms with Crippen molar-refractivity contribution in [1.82, 2.24) is 15.1 Å². The molecule has 3 heterocycles. The number of likely N-dealkylation sites (tertiary alicyclic amines) is 2. The summed E-state index contributed by atoms with van der Waals surface area (Å²) >= 11 is 0. The molecular weight excluding hydrogens is 270 g/mol. The molecule has 0 bridgehead atoms. The van der Waals surface area contributed by atoms with Crippen LogP contribution in [0.25, 0.3) is 0 Å². The monoisotopic (exact) mass is 305 g/mol. The number of rotatable bonds is 2. The van der Waals surface area contributed by atoms with E-state index in [2.05, 4.69) is 22.0 Å². The van der Waals surface area contributed by atoms with Gasteiger partial charge in [-0.1, -0.05) is 19.8 Å². The van der Waals surface area contributed by atoms with E-state index in [9.17, 15) is 0 Å². The molecule has 1 aliphatic carbocycles. The standard InChI is InChI=1S/C19H35N3/c1-16-2-8-19(9-3-16)14-22(15-19)18-6-12-21(13-7-18)17-4-10-20-11-5-17/h16-18,20H,2-15H2,1H3. The summed E-state index contributed by atoms with van der Waals surface area (Å²) in [6.45, 7) is 10.5. The van der Waals surface area contributed by atoms with Gasteiger partial charge in [0.1, 0.15) is 0 Å². The zero-order valence-electron chi connectivity index (χ0n) is 14.5. The number of hydrogen-bond acceptors (Lipinski definition) is 3. The molecule has 1 saturated carbocycles. The molecule has 0 atom stereocenters. The van der Waals surface area contributed by atoms with Crippen LogP contribution in [0, 0.1) is 11.3 Å². The van der Waals surface area contributed by atoms with Crippen molar-refractivity contribution in [1.29, 1.82) is 0 Å². The molecule has 0 aromatic rings. The predicted octanol–water partition coefficient (Wildman–Crippen LogP) is 2.71. The molecule has 3 nitrogen and oxygen atoms in total. The Labute approximate surface area is 136 Å². The lowest BCUT2D eigenvalue weighted by Gasteiger charge is -2.57. The van der Waals surface area contributed by atoms with Gasteiger partial charge in [0.25, 0.3) is 0 Å². The van der Waals surface area contributed by atoms with E-state index in [4.69, 9.17) is 0 Å². The summed E-state index contributed by atoms with van der Waals surface area (Å²) in [5.41, 5.74) is 0.749. The van der Waals surface area contributed by atoms with Crippen molar-refractivity contribution >= 4 is 0 Å². The van der Waals surface area contributed by atoms with Gasteiger partial charge in [0.05, 0.1) is 0 Å². The molecule has 126 valence electrons. The molecule has 0 radical (unpaired) electrons. The normalized spacial score (nSPS) is 33.1. The summed E-state index contributed by atoms with van der Waals surface area (Å²) in [5.74, 6) is 0.993. The van der Waals surface area contributed by atoms with E-state index in [0.29, 0.717) is 0 Å². The van der Waals surface area contributed by atoms with Crippen molar-refractivity contribution in [3.63, 3.8) is 0 Å². The maximum atomic E-state index is 3.50. The fourth-order valence-corrected chi connectivity index (χ4v) is 5.55. The van der Waals surface area contributed by atoms with E-state index in [-0.39, 0.29) is 0 Å². The Bertz CT molecular complexity index is 353. The van der Waals surface area contributed by atoms with Crippen LogP contribution in [0.3, 0.4) is 0 Å². The molecule has 1 N–H and O–H groups in total. The van der Waals surface area contributed by atoms with Crippen LogP contribution in [0.2, 0.25) is 0 Å². The molecule has 22 heavy (non-hydrogen) atoms. The molecule has 4 fully saturated rings. The van der Waals surface area contributed by atoms with Crippen molar-refractivity contribution in [2.45, 2.75) is 70.4 Å². The molecule has 0 amide bonds. The van der Waals surface area contributed by atoms with Gasteiger partial charge < -0.3 is 10.2 Å². The highest BCUT2D eigenvalue weighted by Gasteiger charge is 2.46. The zero-order chi connectivity index (χ0) is 15.0. The van der Waals surface area contributed by atoms with E-state index in [0.717, 1.165) is 23.4 Å². The van der Waals surface area contributed by atoms with Gasteiger partial charge in [0.15, 0.2) is 0 Å². The van der Waals surface area contributed by atoms with Crippen LogP contribution >= 0.6 is 0 Å². The Hall–Kier alpha value is -0.120. The summed E-state index contributed by atoms with van der Waals surface area (Å²) in [5, 5.41) is 3.50. The van der Waals surface area contributed by atoms with Gasteiger partial charge in [-0.2, -0.15) is 0 Å². The van der Waals surface area contributed by atoms with Gasteiger partial charge in [-0.05, 0) is 76.0 Å². The first kappa shape index (κ1) is 15.4. The Kier molecular flexibility index (Phi) is 4.49. The van der Waals surface area contributed by atoms with Crippen LogP contribution in [0.15, 0.2) is 0 Å². The quantitative estimate of drug-likeness (QED) is 0.846. The Balaban J connectivity index is 1.22. The maximum absolute atomic E-state index is 3.50. The van der Waals surface area contributed by atoms with Gasteiger partial charge >= 0.3 is 0 Å². The van der Waals surface area contributed by atoms with E-state index in [1.54, 1.807) is 0 Å². The average molecular weight is 306 g/mol. The zero-order valence-corrected chi connectivity index (χ0v) is 14.5. The van der Waals surface area contributed by atoms with Crippen LogP contribution in [-0.2, 0) is 0 Å². The molecule has 0 aromatic heterocycles. The minimum atomic E-state index is 0.749. The summed E-state index contributed by atoms with van der Waals surface area (Å²) in [6.07, 6.45) is 11.6. The molecule has 3 heteroatoms. The van der Waals surface area contributed by atoms with E-state index >= 15 is 0 Å². The average Bonchev–Trinajstić information content (AvgIpc) is 2.55. The van der Waals surface area contributed by atoms with Crippen LogP contribution < -0.4 is 5.32 Å². The van der Waals surface area contributed by atoms with E-state index < -0.39 is 0 Å². The largest absolute Gasteiger partial charge is 0.317 e. The van der Waals surface area contributed by atoms with Crippen molar-refractivity contribution in [2.24, 2.45) is 11.3 Å². The SMILES string of the molecule is CC1CCC2(CC1)CN(C1CCN(C3CCNCC3)CC1)C2. The lowest BCUT2D eigenvalue weighted by atomic mass is 9.65. The van der Waals surface area contributed by atoms with Gasteiger partial charge in [0.2, 0.25) is 0 Å². The van der Waals surface area contributed by atoms with Gasteiger partial charge in [-0.25, -0.2) is 0 Å². The van der Waals surface area contributed by atoms with Gasteiger partial charge in [-0.15, -0.1) is 0 Å². The van der Waals surface area contributed by atoms with Crippen molar-refractivity contribution in [3.05, 3.63) is 0 Å². The molecule has 4 aliphatic rings. The summed E-state index contributed by atoms with van der Waals surface area (Å²) in [6, 6.07) is 1.78. The molecule has 0 aromatic carbocycles. The first-order chi connectivity index (χ1) is 10.7. The van der Waals surface area contributed by atoms with E-state index in [1.807, 2.05) is 0 Å². The predicted molar refractivity (Wildman–Crippen MR) is 92.1 cm³/mol. The number of hydrogen-bond donors (Lipinski definition) is 1. The van der Waals surface area contributed by atoms with Crippen molar-refractivity contribution in [3.8, 4) is 0 Å². The number of nitrogens with zero attached hydrogens (tertiary/aromatic N) is 2. The lowest BCUT2D eigenvalue weighted by molar-refractivity contribution is -0.0764. The Morgan fingerprint density at radius 2 is 1.36 bits per heavy atom. The molecule has 3 aliphatic heterocycles. The summed E-state index contributed by atoms with van der Waals surface area (Å²) in [4.78, 5) is 5.64. The Morgan fingerprint density at radius 1 is 0.773 bits per heavy atom. The molecule has 3 saturated heterocycles. The third-order valence-corrected chi connectivity index (χ3v) is 7.25. The first-order valence-corrected chi connectivity index (χ1v) is 9.93. The second-order valence-electron chi connectivity index (χ2n) is 8.84. The van der Waals surface area contributed by atoms with E-state index in [1.165, 1.54) is 90.6 Å². The van der Waals surface area contributed by atoms with Crippen LogP contribution in [0.5, 0.6) is 0 Å². The molecule has 1 spiro atoms. The number of nitrogens with one attached hydrogen (secondary N) is 1. The highest BCUT2D eigenvalue weighted by molar-refractivity contribution is 5.00. The fraction of sp³-hybridized carbons (Fsp3) is 1.00. The highest BCUT2D eigenvalue weighted by atomic mass is 15.3. The van der Waals surface area contributed by atoms with Gasteiger partial charge in [0, 0.05) is 25.2 Å². The summed E-state index contributed by atoms with van der Waals surface area (Å²) in [7, 11) is 0. The minimum Gasteiger partial charge on any atom is -0.317 e. The highest BCUT2D eigenvalue weighted by Crippen LogP contribution is 2.47. The maximum Gasteiger partial charge on any atom is 0.0120 e. The smallest absolute Gasteiger partial charge is 0.0120 e. The molecule has 0 unspecified atom stereocenters. The molecule has 4 rings (SSSR count). The van der Waals surface area contributed by atoms with Crippen LogP contribution in [-0.4, -0.2) is 61.2 Å². The lowest BCUT2D eigenvalue weighted by Crippen LogP contribution is -2.62. The van der Waals surface area contributed by atoms with Crippen molar-refractivity contribution < 1.29 is 0 Å². The third kappa shape index (κ3) is 3.09. The second kappa shape index (κ2) is 6.41. The van der Waals surface area contributed by atoms with Gasteiger partial charge in [-0.3, -0.25) is 4.90 Å². The summed E-state index contributed by atoms with van der Waals surface area (Å²) < 4.78 is 0. The first-order valence-electron chi connectivity index (χ1n) is 9.93. The van der Waals surface area contributed by atoms with Crippen molar-refractivity contribution in [2.75, 3.05) is 39.3 Å². The molecular formula is C19H35N3.